The van der Waals surface area contributed by atoms with Crippen LogP contribution in [-0.4, -0.2) is 9.78 Å². The van der Waals surface area contributed by atoms with Gasteiger partial charge in [0, 0.05) is 24.1 Å². The average Bonchev–Trinajstić information content (AvgIpc) is 2.71. The molecule has 0 amide bonds. The molecule has 3 nitrogen and oxygen atoms in total. The summed E-state index contributed by atoms with van der Waals surface area (Å²) in [5, 5.41) is 8.07. The number of nitrogens with zero attached hydrogens (tertiary/aromatic N) is 2. The summed E-state index contributed by atoms with van der Waals surface area (Å²) in [6.07, 6.45) is 0.940. The van der Waals surface area contributed by atoms with Gasteiger partial charge < -0.3 is 5.32 Å². The summed E-state index contributed by atoms with van der Waals surface area (Å²) in [5.41, 5.74) is 3.57. The van der Waals surface area contributed by atoms with E-state index in [1.165, 1.54) is 11.3 Å². The largest absolute Gasteiger partial charge is 0.305 e. The van der Waals surface area contributed by atoms with Gasteiger partial charge in [-0.1, -0.05) is 35.0 Å². The summed E-state index contributed by atoms with van der Waals surface area (Å²) in [6.45, 7) is 5.08. The second kappa shape index (κ2) is 6.87. The molecule has 0 aliphatic carbocycles. The maximum atomic E-state index is 4.52. The summed E-state index contributed by atoms with van der Waals surface area (Å²) in [7, 11) is 1.99. The van der Waals surface area contributed by atoms with Crippen LogP contribution in [0.1, 0.15) is 36.8 Å². The van der Waals surface area contributed by atoms with Crippen LogP contribution in [0.4, 0.5) is 0 Å². The molecule has 1 aromatic heterocycles. The number of aromatic nitrogens is 2. The van der Waals surface area contributed by atoms with Crippen molar-refractivity contribution >= 4 is 31.9 Å². The van der Waals surface area contributed by atoms with Gasteiger partial charge in [-0.15, -0.1) is 0 Å². The Kier molecular flexibility index (Phi) is 5.41. The van der Waals surface area contributed by atoms with Crippen LogP contribution in [0, 0.1) is 0 Å². The highest BCUT2D eigenvalue weighted by Crippen LogP contribution is 2.23. The molecular formula is C15H19Br2N3. The molecule has 2 aromatic rings. The minimum atomic E-state index is 0.291. The van der Waals surface area contributed by atoms with Crippen LogP contribution in [0.2, 0.25) is 0 Å². The molecule has 108 valence electrons. The summed E-state index contributed by atoms with van der Waals surface area (Å²) in [5.74, 6) is 0. The Hall–Kier alpha value is -0.650. The molecule has 0 spiro atoms. The van der Waals surface area contributed by atoms with Crippen molar-refractivity contribution in [3.05, 3.63) is 50.2 Å². The van der Waals surface area contributed by atoms with E-state index in [9.17, 15) is 0 Å². The van der Waals surface area contributed by atoms with E-state index in [1.54, 1.807) is 0 Å². The van der Waals surface area contributed by atoms with Gasteiger partial charge in [0.2, 0.25) is 0 Å². The minimum Gasteiger partial charge on any atom is -0.305 e. The highest BCUT2D eigenvalue weighted by atomic mass is 79.9. The van der Waals surface area contributed by atoms with E-state index in [2.05, 4.69) is 74.3 Å². The van der Waals surface area contributed by atoms with Crippen molar-refractivity contribution in [1.29, 1.82) is 0 Å². The maximum absolute atomic E-state index is 4.52. The Balaban J connectivity index is 2.07. The Bertz CT molecular complexity index is 593. The molecule has 0 bridgehead atoms. The highest BCUT2D eigenvalue weighted by Gasteiger charge is 2.13. The van der Waals surface area contributed by atoms with Gasteiger partial charge in [0.1, 0.15) is 0 Å². The van der Waals surface area contributed by atoms with Gasteiger partial charge in [-0.25, -0.2) is 0 Å². The molecule has 1 N–H and O–H groups in total. The second-order valence-electron chi connectivity index (χ2n) is 4.84. The number of benzene rings is 1. The third-order valence-corrected chi connectivity index (χ3v) is 4.84. The van der Waals surface area contributed by atoms with E-state index in [0.29, 0.717) is 6.04 Å². The van der Waals surface area contributed by atoms with Crippen molar-refractivity contribution in [2.45, 2.75) is 32.9 Å². The molecule has 0 radical (unpaired) electrons. The van der Waals surface area contributed by atoms with Crippen LogP contribution in [0.25, 0.3) is 0 Å². The number of hydrogen-bond acceptors (Lipinski definition) is 2. The lowest BCUT2D eigenvalue weighted by molar-refractivity contribution is 0.546. The maximum Gasteiger partial charge on any atom is 0.0767 e. The molecule has 0 fully saturated rings. The molecule has 20 heavy (non-hydrogen) atoms. The summed E-state index contributed by atoms with van der Waals surface area (Å²) < 4.78 is 4.18. The fraction of sp³-hybridized carbons (Fsp3) is 0.400. The zero-order valence-corrected chi connectivity index (χ0v) is 15.1. The molecule has 0 aliphatic heterocycles. The number of halogens is 2. The van der Waals surface area contributed by atoms with E-state index in [0.717, 1.165) is 27.6 Å². The molecular weight excluding hydrogens is 382 g/mol. The van der Waals surface area contributed by atoms with Gasteiger partial charge in [-0.05, 0) is 47.0 Å². The quantitative estimate of drug-likeness (QED) is 0.807. The fourth-order valence-corrected chi connectivity index (χ4v) is 3.33. The van der Waals surface area contributed by atoms with Crippen LogP contribution in [-0.2, 0) is 20.0 Å². The molecule has 0 saturated heterocycles. The zero-order valence-electron chi connectivity index (χ0n) is 12.0. The molecule has 1 heterocycles. The predicted molar refractivity (Wildman–Crippen MR) is 89.7 cm³/mol. The van der Waals surface area contributed by atoms with Crippen LogP contribution in [0.5, 0.6) is 0 Å². The SMILES string of the molecule is CCc1nn(C)c(CN[C@H](C)c2cccc(Br)c2)c1Br. The van der Waals surface area contributed by atoms with Crippen molar-refractivity contribution in [3.63, 3.8) is 0 Å². The Morgan fingerprint density at radius 2 is 2.10 bits per heavy atom. The van der Waals surface area contributed by atoms with Crippen LogP contribution >= 0.6 is 31.9 Å². The van der Waals surface area contributed by atoms with Gasteiger partial charge in [0.05, 0.1) is 15.9 Å². The van der Waals surface area contributed by atoms with Crippen molar-refractivity contribution in [2.75, 3.05) is 0 Å². The first-order valence-electron chi connectivity index (χ1n) is 6.72. The predicted octanol–water partition coefficient (Wildman–Crippen LogP) is 4.36. The number of aryl methyl sites for hydroxylation is 2. The monoisotopic (exact) mass is 399 g/mol. The van der Waals surface area contributed by atoms with Gasteiger partial charge in [0.25, 0.3) is 0 Å². The van der Waals surface area contributed by atoms with Crippen molar-refractivity contribution < 1.29 is 0 Å². The van der Waals surface area contributed by atoms with Crippen LogP contribution < -0.4 is 5.32 Å². The van der Waals surface area contributed by atoms with Crippen molar-refractivity contribution in [3.8, 4) is 0 Å². The average molecular weight is 401 g/mol. The third-order valence-electron chi connectivity index (χ3n) is 3.43. The third kappa shape index (κ3) is 3.51. The van der Waals surface area contributed by atoms with Crippen LogP contribution in [0.3, 0.4) is 0 Å². The van der Waals surface area contributed by atoms with Gasteiger partial charge in [0.15, 0.2) is 0 Å². The lowest BCUT2D eigenvalue weighted by Gasteiger charge is -2.15. The smallest absolute Gasteiger partial charge is 0.0767 e. The number of rotatable bonds is 5. The van der Waals surface area contributed by atoms with Gasteiger partial charge in [-0.3, -0.25) is 4.68 Å². The summed E-state index contributed by atoms with van der Waals surface area (Å²) in [6, 6.07) is 8.68. The van der Waals surface area contributed by atoms with Gasteiger partial charge >= 0.3 is 0 Å². The first-order chi connectivity index (χ1) is 9.52. The fourth-order valence-electron chi connectivity index (χ4n) is 2.16. The number of hydrogen-bond donors (Lipinski definition) is 1. The second-order valence-corrected chi connectivity index (χ2v) is 6.55. The van der Waals surface area contributed by atoms with Gasteiger partial charge in [-0.2, -0.15) is 5.10 Å². The standard InChI is InChI=1S/C15H19Br2N3/c1-4-13-15(17)14(20(3)19-13)9-18-10(2)11-6-5-7-12(16)8-11/h5-8,10,18H,4,9H2,1-3H3/t10-/m1/s1. The summed E-state index contributed by atoms with van der Waals surface area (Å²) in [4.78, 5) is 0. The number of nitrogens with one attached hydrogen (secondary N) is 1. The molecule has 2 rings (SSSR count). The minimum absolute atomic E-state index is 0.291. The highest BCUT2D eigenvalue weighted by molar-refractivity contribution is 9.10. The Morgan fingerprint density at radius 3 is 2.70 bits per heavy atom. The topological polar surface area (TPSA) is 29.9 Å². The van der Waals surface area contributed by atoms with E-state index in [1.807, 2.05) is 17.8 Å². The van der Waals surface area contributed by atoms with E-state index in [4.69, 9.17) is 0 Å². The van der Waals surface area contributed by atoms with E-state index in [-0.39, 0.29) is 0 Å². The Morgan fingerprint density at radius 1 is 1.35 bits per heavy atom. The first-order valence-corrected chi connectivity index (χ1v) is 8.30. The summed E-state index contributed by atoms with van der Waals surface area (Å²) >= 11 is 7.16. The normalized spacial score (nSPS) is 12.7. The lowest BCUT2D eigenvalue weighted by Crippen LogP contribution is -2.20. The lowest BCUT2D eigenvalue weighted by atomic mass is 10.1. The molecule has 1 aromatic carbocycles. The zero-order chi connectivity index (χ0) is 14.7. The first kappa shape index (κ1) is 15.7. The molecule has 0 aliphatic rings. The molecule has 0 saturated carbocycles. The molecule has 5 heteroatoms. The van der Waals surface area contributed by atoms with Crippen LogP contribution in [0.15, 0.2) is 33.2 Å². The molecule has 1 atom stereocenters. The van der Waals surface area contributed by atoms with E-state index >= 15 is 0 Å². The van der Waals surface area contributed by atoms with Crippen molar-refractivity contribution in [2.24, 2.45) is 7.05 Å². The Labute approximate surface area is 137 Å². The van der Waals surface area contributed by atoms with E-state index < -0.39 is 0 Å². The van der Waals surface area contributed by atoms with Crippen molar-refractivity contribution in [1.82, 2.24) is 15.1 Å². The molecule has 0 unspecified atom stereocenters.